The summed E-state index contributed by atoms with van der Waals surface area (Å²) in [5.74, 6) is 1.16. The SMILES string of the molecule is CC1CCc2c(sc3nc(SCC(=O)Nc4sccc4C#N)nc(N)c23)C1. The maximum atomic E-state index is 12.2. The van der Waals surface area contributed by atoms with Gasteiger partial charge in [0.15, 0.2) is 5.16 Å². The van der Waals surface area contributed by atoms with E-state index in [1.54, 1.807) is 22.8 Å². The third-order valence-corrected chi connectivity index (χ3v) is 7.36. The van der Waals surface area contributed by atoms with Gasteiger partial charge in [0, 0.05) is 4.88 Å². The second-order valence-corrected chi connectivity index (χ2v) is 9.48. The molecule has 1 amide bonds. The van der Waals surface area contributed by atoms with Gasteiger partial charge in [-0.05, 0) is 42.2 Å². The van der Waals surface area contributed by atoms with Crippen LogP contribution in [0.15, 0.2) is 16.6 Å². The Bertz CT molecular complexity index is 1070. The van der Waals surface area contributed by atoms with E-state index in [1.165, 1.54) is 40.0 Å². The number of aryl methyl sites for hydroxylation is 1. The number of hydrogen-bond acceptors (Lipinski definition) is 8. The molecule has 0 aromatic carbocycles. The normalized spacial score (nSPS) is 16.1. The van der Waals surface area contributed by atoms with Crippen molar-refractivity contribution in [1.29, 1.82) is 5.26 Å². The van der Waals surface area contributed by atoms with E-state index < -0.39 is 0 Å². The molecule has 6 nitrogen and oxygen atoms in total. The van der Waals surface area contributed by atoms with Gasteiger partial charge in [0.05, 0.1) is 16.7 Å². The number of hydrogen-bond donors (Lipinski definition) is 2. The molecule has 1 aliphatic rings. The van der Waals surface area contributed by atoms with E-state index in [0.29, 0.717) is 27.5 Å². The number of nitrogen functional groups attached to an aromatic ring is 1. The van der Waals surface area contributed by atoms with E-state index in [-0.39, 0.29) is 11.7 Å². The van der Waals surface area contributed by atoms with E-state index in [2.05, 4.69) is 28.3 Å². The number of rotatable bonds is 4. The van der Waals surface area contributed by atoms with Gasteiger partial charge < -0.3 is 11.1 Å². The minimum absolute atomic E-state index is 0.163. The summed E-state index contributed by atoms with van der Waals surface area (Å²) in [6, 6.07) is 3.74. The molecule has 4 rings (SSSR count). The molecule has 0 aliphatic heterocycles. The number of nitrogens with one attached hydrogen (secondary N) is 1. The minimum atomic E-state index is -0.194. The predicted octanol–water partition coefficient (Wildman–Crippen LogP) is 4.06. The topological polar surface area (TPSA) is 105 Å². The number of thioether (sulfide) groups is 1. The van der Waals surface area contributed by atoms with Crippen LogP contribution >= 0.6 is 34.4 Å². The summed E-state index contributed by atoms with van der Waals surface area (Å²) >= 11 is 4.28. The van der Waals surface area contributed by atoms with Crippen molar-refractivity contribution in [2.24, 2.45) is 5.92 Å². The highest BCUT2D eigenvalue weighted by atomic mass is 32.2. The van der Waals surface area contributed by atoms with Crippen LogP contribution < -0.4 is 11.1 Å². The summed E-state index contributed by atoms with van der Waals surface area (Å²) in [4.78, 5) is 23.5. The molecule has 3 aromatic rings. The zero-order chi connectivity index (χ0) is 19.0. The van der Waals surface area contributed by atoms with Crippen LogP contribution in [-0.2, 0) is 17.6 Å². The molecule has 1 aliphatic carbocycles. The van der Waals surface area contributed by atoms with Crippen molar-refractivity contribution in [1.82, 2.24) is 9.97 Å². The number of thiophene rings is 2. The third kappa shape index (κ3) is 3.65. The van der Waals surface area contributed by atoms with Gasteiger partial charge >= 0.3 is 0 Å². The molecule has 0 bridgehead atoms. The van der Waals surface area contributed by atoms with E-state index in [0.717, 1.165) is 23.1 Å². The number of nitrogens with two attached hydrogens (primary N) is 1. The molecule has 0 fully saturated rings. The molecule has 3 aromatic heterocycles. The monoisotopic (exact) mass is 415 g/mol. The highest BCUT2D eigenvalue weighted by Crippen LogP contribution is 2.39. The van der Waals surface area contributed by atoms with E-state index >= 15 is 0 Å². The molecular formula is C18H17N5OS3. The fraction of sp³-hybridized carbons (Fsp3) is 0.333. The molecule has 0 spiro atoms. The smallest absolute Gasteiger partial charge is 0.235 e. The van der Waals surface area contributed by atoms with Gasteiger partial charge in [0.1, 0.15) is 21.7 Å². The number of nitrogens with zero attached hydrogens (tertiary/aromatic N) is 3. The summed E-state index contributed by atoms with van der Waals surface area (Å²) < 4.78 is 0. The minimum Gasteiger partial charge on any atom is -0.383 e. The highest BCUT2D eigenvalue weighted by Gasteiger charge is 2.23. The Hall–Kier alpha value is -2.15. The molecular weight excluding hydrogens is 398 g/mol. The number of aromatic nitrogens is 2. The Morgan fingerprint density at radius 2 is 2.37 bits per heavy atom. The van der Waals surface area contributed by atoms with Crippen LogP contribution in [0.1, 0.15) is 29.3 Å². The summed E-state index contributed by atoms with van der Waals surface area (Å²) in [7, 11) is 0. The maximum Gasteiger partial charge on any atom is 0.235 e. The Labute approximate surface area is 168 Å². The van der Waals surface area contributed by atoms with Gasteiger partial charge in [-0.15, -0.1) is 22.7 Å². The van der Waals surface area contributed by atoms with Crippen LogP contribution in [0.4, 0.5) is 10.8 Å². The van der Waals surface area contributed by atoms with E-state index in [9.17, 15) is 4.79 Å². The third-order valence-electron chi connectivity index (χ3n) is 4.53. The van der Waals surface area contributed by atoms with Gasteiger partial charge in [0.25, 0.3) is 0 Å². The fourth-order valence-corrected chi connectivity index (χ4v) is 6.05. The van der Waals surface area contributed by atoms with Crippen LogP contribution in [-0.4, -0.2) is 21.6 Å². The van der Waals surface area contributed by atoms with Crippen LogP contribution in [0.5, 0.6) is 0 Å². The molecule has 0 radical (unpaired) electrons. The summed E-state index contributed by atoms with van der Waals surface area (Å²) in [5.41, 5.74) is 8.00. The first-order valence-electron chi connectivity index (χ1n) is 8.53. The molecule has 138 valence electrons. The quantitative estimate of drug-likeness (QED) is 0.492. The van der Waals surface area contributed by atoms with Crippen molar-refractivity contribution in [3.05, 3.63) is 27.5 Å². The first-order valence-corrected chi connectivity index (χ1v) is 11.2. The second-order valence-electron chi connectivity index (χ2n) is 6.54. The van der Waals surface area contributed by atoms with Crippen molar-refractivity contribution < 1.29 is 4.79 Å². The Balaban J connectivity index is 1.50. The fourth-order valence-electron chi connectivity index (χ4n) is 3.20. The van der Waals surface area contributed by atoms with Crippen molar-refractivity contribution in [2.75, 3.05) is 16.8 Å². The zero-order valence-corrected chi connectivity index (χ0v) is 17.1. The summed E-state index contributed by atoms with van der Waals surface area (Å²) in [6.45, 7) is 2.27. The van der Waals surface area contributed by atoms with Crippen molar-refractivity contribution in [3.8, 4) is 6.07 Å². The average Bonchev–Trinajstić information content (AvgIpc) is 3.23. The van der Waals surface area contributed by atoms with Gasteiger partial charge in [-0.1, -0.05) is 18.7 Å². The van der Waals surface area contributed by atoms with Crippen LogP contribution in [0.2, 0.25) is 0 Å². The van der Waals surface area contributed by atoms with Crippen molar-refractivity contribution in [2.45, 2.75) is 31.3 Å². The molecule has 3 heterocycles. The van der Waals surface area contributed by atoms with Crippen LogP contribution in [0, 0.1) is 17.2 Å². The lowest BCUT2D eigenvalue weighted by atomic mass is 9.89. The van der Waals surface area contributed by atoms with Gasteiger partial charge in [-0.2, -0.15) is 5.26 Å². The lowest BCUT2D eigenvalue weighted by Gasteiger charge is -2.17. The first kappa shape index (κ1) is 18.2. The molecule has 1 atom stereocenters. The predicted molar refractivity (Wildman–Crippen MR) is 111 cm³/mol. The number of nitriles is 1. The number of carbonyl (C=O) groups is 1. The average molecular weight is 416 g/mol. The lowest BCUT2D eigenvalue weighted by molar-refractivity contribution is -0.113. The van der Waals surface area contributed by atoms with Crippen molar-refractivity contribution >= 4 is 61.4 Å². The number of carbonyl (C=O) groups excluding carboxylic acids is 1. The number of amides is 1. The Morgan fingerprint density at radius 3 is 3.19 bits per heavy atom. The molecule has 9 heteroatoms. The largest absolute Gasteiger partial charge is 0.383 e. The van der Waals surface area contributed by atoms with Crippen LogP contribution in [0.25, 0.3) is 10.2 Å². The van der Waals surface area contributed by atoms with Gasteiger partial charge in [-0.3, -0.25) is 4.79 Å². The lowest BCUT2D eigenvalue weighted by Crippen LogP contribution is -2.14. The first-order chi connectivity index (χ1) is 13.0. The van der Waals surface area contributed by atoms with Gasteiger partial charge in [-0.25, -0.2) is 9.97 Å². The maximum absolute atomic E-state index is 12.2. The van der Waals surface area contributed by atoms with E-state index in [1.807, 2.05) is 0 Å². The summed E-state index contributed by atoms with van der Waals surface area (Å²) in [6.07, 6.45) is 3.27. The Kier molecular flexibility index (Phi) is 5.04. The molecule has 0 saturated carbocycles. The Morgan fingerprint density at radius 1 is 1.52 bits per heavy atom. The van der Waals surface area contributed by atoms with Gasteiger partial charge in [0.2, 0.25) is 5.91 Å². The van der Waals surface area contributed by atoms with Crippen LogP contribution in [0.3, 0.4) is 0 Å². The van der Waals surface area contributed by atoms with E-state index in [4.69, 9.17) is 11.0 Å². The molecule has 27 heavy (non-hydrogen) atoms. The number of fused-ring (bicyclic) bond motifs is 3. The highest BCUT2D eigenvalue weighted by molar-refractivity contribution is 7.99. The molecule has 3 N–H and O–H groups in total. The second kappa shape index (κ2) is 7.46. The standard InChI is InChI=1S/C18H17N5OS3/c1-9-2-3-11-12(6-9)27-17-14(11)15(20)22-18(23-17)26-8-13(24)21-16-10(7-19)4-5-25-16/h4-5,9H,2-3,6,8H2,1H3,(H,21,24)(H2,20,22,23). The molecule has 1 unspecified atom stereocenters. The van der Waals surface area contributed by atoms with Crippen molar-refractivity contribution in [3.63, 3.8) is 0 Å². The molecule has 0 saturated heterocycles. The number of anilines is 2. The zero-order valence-electron chi connectivity index (χ0n) is 14.6. The summed E-state index contributed by atoms with van der Waals surface area (Å²) in [5, 5.41) is 15.6.